The number of amides is 3. The number of nitrogens with two attached hydrogens (primary N) is 1. The predicted octanol–water partition coefficient (Wildman–Crippen LogP) is 3.58. The first-order valence-corrected chi connectivity index (χ1v) is 10.7. The van der Waals surface area contributed by atoms with E-state index in [-0.39, 0.29) is 18.0 Å². The van der Waals surface area contributed by atoms with Crippen LogP contribution in [0.5, 0.6) is 0 Å². The number of fused-ring (bicyclic) bond motifs is 4. The lowest BCUT2D eigenvalue weighted by atomic mass is 9.89. The van der Waals surface area contributed by atoms with Gasteiger partial charge in [0, 0.05) is 29.6 Å². The van der Waals surface area contributed by atoms with Gasteiger partial charge in [-0.1, -0.05) is 55.0 Å². The molecule has 1 saturated heterocycles. The van der Waals surface area contributed by atoms with Crippen LogP contribution in [0.3, 0.4) is 0 Å². The molecule has 6 nitrogen and oxygen atoms in total. The topological polar surface area (TPSA) is 82.4 Å². The number of unbranched alkanes of at least 4 members (excludes halogenated alkanes) is 2. The molecule has 0 saturated carbocycles. The molecule has 0 bridgehead atoms. The molecule has 2 aromatic carbocycles. The van der Waals surface area contributed by atoms with Crippen molar-refractivity contribution in [2.45, 2.75) is 37.8 Å². The summed E-state index contributed by atoms with van der Waals surface area (Å²) in [6.45, 7) is 1.09. The summed E-state index contributed by atoms with van der Waals surface area (Å²) >= 11 is 0. The fourth-order valence-electron chi connectivity index (χ4n) is 4.91. The van der Waals surface area contributed by atoms with Crippen molar-refractivity contribution < 1.29 is 9.59 Å². The zero-order chi connectivity index (χ0) is 20.7. The number of nitrogens with one attached hydrogen (secondary N) is 1. The van der Waals surface area contributed by atoms with Crippen molar-refractivity contribution in [3.05, 3.63) is 71.4 Å². The summed E-state index contributed by atoms with van der Waals surface area (Å²) in [5.41, 5.74) is 9.80. The molecule has 0 radical (unpaired) electrons. The summed E-state index contributed by atoms with van der Waals surface area (Å²) < 4.78 is 0. The minimum atomic E-state index is -0.455. The molecular weight excluding hydrogens is 376 g/mol. The number of hydrogen-bond acceptors (Lipinski definition) is 3. The van der Waals surface area contributed by atoms with Gasteiger partial charge in [0.2, 0.25) is 0 Å². The molecule has 1 aromatic heterocycles. The van der Waals surface area contributed by atoms with Gasteiger partial charge in [-0.25, -0.2) is 4.79 Å². The second-order valence-corrected chi connectivity index (χ2v) is 8.13. The lowest BCUT2D eigenvalue weighted by molar-refractivity contribution is -0.128. The number of carbonyl (C=O) groups is 2. The van der Waals surface area contributed by atoms with Crippen LogP contribution in [0, 0.1) is 0 Å². The van der Waals surface area contributed by atoms with Crippen LogP contribution in [-0.4, -0.2) is 45.9 Å². The van der Waals surface area contributed by atoms with Gasteiger partial charge in [-0.15, -0.1) is 0 Å². The maximum atomic E-state index is 13.4. The Morgan fingerprint density at radius 1 is 0.967 bits per heavy atom. The Labute approximate surface area is 175 Å². The molecule has 2 atom stereocenters. The molecule has 3 amide bonds. The van der Waals surface area contributed by atoms with Crippen molar-refractivity contribution in [2.24, 2.45) is 5.73 Å². The number of aromatic nitrogens is 1. The Balaban J connectivity index is 1.57. The molecular formula is C24H26N4O2. The van der Waals surface area contributed by atoms with E-state index in [0.29, 0.717) is 19.5 Å². The summed E-state index contributed by atoms with van der Waals surface area (Å²) in [6.07, 6.45) is 3.17. The van der Waals surface area contributed by atoms with Gasteiger partial charge >= 0.3 is 6.03 Å². The van der Waals surface area contributed by atoms with Gasteiger partial charge < -0.3 is 10.7 Å². The van der Waals surface area contributed by atoms with Crippen LogP contribution < -0.4 is 5.73 Å². The van der Waals surface area contributed by atoms with Gasteiger partial charge in [-0.05, 0) is 36.6 Å². The first-order valence-electron chi connectivity index (χ1n) is 10.7. The smallest absolute Gasteiger partial charge is 0.328 e. The third kappa shape index (κ3) is 2.91. The van der Waals surface area contributed by atoms with E-state index in [0.717, 1.165) is 47.0 Å². The second kappa shape index (κ2) is 7.61. The predicted molar refractivity (Wildman–Crippen MR) is 116 cm³/mol. The minimum absolute atomic E-state index is 0.0791. The number of nitrogens with zero attached hydrogens (tertiary/aromatic N) is 2. The zero-order valence-electron chi connectivity index (χ0n) is 16.9. The van der Waals surface area contributed by atoms with E-state index in [1.54, 1.807) is 4.90 Å². The summed E-state index contributed by atoms with van der Waals surface area (Å²) in [6, 6.07) is 17.2. The van der Waals surface area contributed by atoms with Gasteiger partial charge in [-0.2, -0.15) is 0 Å². The highest BCUT2D eigenvalue weighted by molar-refractivity contribution is 6.05. The standard InChI is InChI=1S/C24H26N4O2/c25-13-7-2-8-14-27-23(29)20-15-18-17-11-5-6-12-19(17)26-21(18)22(28(20)24(27)30)16-9-3-1-4-10-16/h1,3-6,9-12,20,22,26H,2,7-8,13-15,25H2/t20-,22+/m0/s1. The van der Waals surface area contributed by atoms with Gasteiger partial charge in [0.1, 0.15) is 12.1 Å². The summed E-state index contributed by atoms with van der Waals surface area (Å²) in [7, 11) is 0. The van der Waals surface area contributed by atoms with Crippen molar-refractivity contribution in [3.63, 3.8) is 0 Å². The zero-order valence-corrected chi connectivity index (χ0v) is 16.9. The van der Waals surface area contributed by atoms with Crippen LogP contribution in [0.25, 0.3) is 10.9 Å². The molecule has 3 aromatic rings. The number of aromatic amines is 1. The monoisotopic (exact) mass is 402 g/mol. The maximum Gasteiger partial charge on any atom is 0.328 e. The molecule has 154 valence electrons. The van der Waals surface area contributed by atoms with E-state index >= 15 is 0 Å². The van der Waals surface area contributed by atoms with Crippen molar-refractivity contribution in [2.75, 3.05) is 13.1 Å². The van der Waals surface area contributed by atoms with E-state index < -0.39 is 6.04 Å². The average Bonchev–Trinajstić information content (AvgIpc) is 3.26. The second-order valence-electron chi connectivity index (χ2n) is 8.13. The normalized spacial score (nSPS) is 20.7. The van der Waals surface area contributed by atoms with E-state index in [2.05, 4.69) is 11.1 Å². The number of para-hydroxylation sites is 1. The SMILES string of the molecule is NCCCCCN1C(=O)[C@@H]2Cc3c([nH]c4ccccc34)[C@@H](c3ccccc3)N2C1=O. The van der Waals surface area contributed by atoms with Crippen LogP contribution in [0.2, 0.25) is 0 Å². The lowest BCUT2D eigenvalue weighted by Gasteiger charge is -2.36. The number of rotatable bonds is 6. The highest BCUT2D eigenvalue weighted by Crippen LogP contribution is 2.43. The highest BCUT2D eigenvalue weighted by atomic mass is 16.2. The lowest BCUT2D eigenvalue weighted by Crippen LogP contribution is -2.44. The molecule has 3 N–H and O–H groups in total. The molecule has 0 unspecified atom stereocenters. The fraction of sp³-hybridized carbons (Fsp3) is 0.333. The molecule has 3 heterocycles. The van der Waals surface area contributed by atoms with Crippen molar-refractivity contribution in [3.8, 4) is 0 Å². The number of imide groups is 1. The number of urea groups is 1. The Morgan fingerprint density at radius 2 is 1.73 bits per heavy atom. The summed E-state index contributed by atoms with van der Waals surface area (Å²) in [4.78, 5) is 33.5. The van der Waals surface area contributed by atoms with Crippen LogP contribution in [-0.2, 0) is 11.2 Å². The third-order valence-electron chi connectivity index (χ3n) is 6.34. The fourth-order valence-corrected chi connectivity index (χ4v) is 4.91. The largest absolute Gasteiger partial charge is 0.356 e. The first-order chi connectivity index (χ1) is 14.7. The van der Waals surface area contributed by atoms with Crippen LogP contribution >= 0.6 is 0 Å². The number of hydrogen-bond donors (Lipinski definition) is 2. The Bertz CT molecular complexity index is 1090. The molecule has 30 heavy (non-hydrogen) atoms. The summed E-state index contributed by atoms with van der Waals surface area (Å²) in [5.74, 6) is -0.0791. The van der Waals surface area contributed by atoms with E-state index in [1.807, 2.05) is 48.5 Å². The number of H-pyrrole nitrogens is 1. The van der Waals surface area contributed by atoms with Crippen molar-refractivity contribution in [1.82, 2.24) is 14.8 Å². The van der Waals surface area contributed by atoms with Crippen molar-refractivity contribution >= 4 is 22.8 Å². The Hall–Kier alpha value is -3.12. The molecule has 2 aliphatic rings. The van der Waals surface area contributed by atoms with Gasteiger partial charge in [0.25, 0.3) is 5.91 Å². The molecule has 1 fully saturated rings. The Morgan fingerprint density at radius 3 is 2.53 bits per heavy atom. The molecule has 5 rings (SSSR count). The molecule has 6 heteroatoms. The third-order valence-corrected chi connectivity index (χ3v) is 6.34. The van der Waals surface area contributed by atoms with Gasteiger partial charge in [0.15, 0.2) is 0 Å². The number of benzene rings is 2. The van der Waals surface area contributed by atoms with E-state index in [1.165, 1.54) is 4.90 Å². The minimum Gasteiger partial charge on any atom is -0.356 e. The quantitative estimate of drug-likeness (QED) is 0.488. The van der Waals surface area contributed by atoms with E-state index in [9.17, 15) is 9.59 Å². The molecule has 0 aliphatic carbocycles. The number of carbonyl (C=O) groups excluding carboxylic acids is 2. The van der Waals surface area contributed by atoms with Gasteiger partial charge in [-0.3, -0.25) is 14.6 Å². The summed E-state index contributed by atoms with van der Waals surface area (Å²) in [5, 5.41) is 1.13. The van der Waals surface area contributed by atoms with E-state index in [4.69, 9.17) is 5.73 Å². The first kappa shape index (κ1) is 18.9. The molecule has 0 spiro atoms. The van der Waals surface area contributed by atoms with Crippen molar-refractivity contribution in [1.29, 1.82) is 0 Å². The Kier molecular flexibility index (Phi) is 4.79. The van der Waals surface area contributed by atoms with Crippen LogP contribution in [0.15, 0.2) is 54.6 Å². The molecule has 2 aliphatic heterocycles. The van der Waals surface area contributed by atoms with Crippen LogP contribution in [0.4, 0.5) is 4.79 Å². The maximum absolute atomic E-state index is 13.4. The average molecular weight is 402 g/mol. The van der Waals surface area contributed by atoms with Crippen LogP contribution in [0.1, 0.15) is 42.1 Å². The van der Waals surface area contributed by atoms with Gasteiger partial charge in [0.05, 0.1) is 0 Å². The highest BCUT2D eigenvalue weighted by Gasteiger charge is 2.52.